The van der Waals surface area contributed by atoms with Crippen molar-refractivity contribution in [1.82, 2.24) is 5.32 Å². The topological polar surface area (TPSA) is 24.5 Å². The van der Waals surface area contributed by atoms with Crippen molar-refractivity contribution in [2.24, 2.45) is 0 Å². The fourth-order valence-electron chi connectivity index (χ4n) is 2.03. The molecule has 2 rings (SSSR count). The molecule has 0 amide bonds. The average molecular weight is 285 g/mol. The zero-order chi connectivity index (χ0) is 11.4. The SMILES string of the molecule is CNCC1COCCN1c1ccc(Br)cc1. The lowest BCUT2D eigenvalue weighted by molar-refractivity contribution is 0.0943. The molecular formula is C12H17BrN2O. The van der Waals surface area contributed by atoms with Gasteiger partial charge in [-0.15, -0.1) is 0 Å². The number of ether oxygens (including phenoxy) is 1. The summed E-state index contributed by atoms with van der Waals surface area (Å²) >= 11 is 3.46. The summed E-state index contributed by atoms with van der Waals surface area (Å²) in [5, 5.41) is 3.22. The molecule has 0 bridgehead atoms. The summed E-state index contributed by atoms with van der Waals surface area (Å²) in [5.41, 5.74) is 1.27. The summed E-state index contributed by atoms with van der Waals surface area (Å²) in [7, 11) is 1.98. The van der Waals surface area contributed by atoms with Crippen molar-refractivity contribution < 1.29 is 4.74 Å². The summed E-state index contributed by atoms with van der Waals surface area (Å²) in [6.45, 7) is 3.54. The summed E-state index contributed by atoms with van der Waals surface area (Å²) in [5.74, 6) is 0. The number of nitrogens with zero attached hydrogens (tertiary/aromatic N) is 1. The standard InChI is InChI=1S/C12H17BrN2O/c1-14-8-12-9-16-7-6-15(12)11-4-2-10(13)3-5-11/h2-5,12,14H,6-9H2,1H3. The molecule has 1 N–H and O–H groups in total. The van der Waals surface area contributed by atoms with E-state index < -0.39 is 0 Å². The number of nitrogens with one attached hydrogen (secondary N) is 1. The van der Waals surface area contributed by atoms with Crippen molar-refractivity contribution in [3.05, 3.63) is 28.7 Å². The van der Waals surface area contributed by atoms with E-state index in [9.17, 15) is 0 Å². The molecule has 88 valence electrons. The number of hydrogen-bond acceptors (Lipinski definition) is 3. The minimum absolute atomic E-state index is 0.430. The highest BCUT2D eigenvalue weighted by molar-refractivity contribution is 9.10. The largest absolute Gasteiger partial charge is 0.377 e. The molecule has 0 aliphatic carbocycles. The van der Waals surface area contributed by atoms with E-state index in [1.54, 1.807) is 0 Å². The van der Waals surface area contributed by atoms with Crippen molar-refractivity contribution in [2.75, 3.05) is 38.3 Å². The van der Waals surface area contributed by atoms with E-state index in [2.05, 4.69) is 50.4 Å². The molecule has 0 radical (unpaired) electrons. The van der Waals surface area contributed by atoms with E-state index in [1.807, 2.05) is 7.05 Å². The van der Waals surface area contributed by atoms with Crippen LogP contribution in [-0.2, 0) is 4.74 Å². The Balaban J connectivity index is 2.13. The molecule has 1 saturated heterocycles. The van der Waals surface area contributed by atoms with Gasteiger partial charge in [-0.2, -0.15) is 0 Å². The summed E-state index contributed by atoms with van der Waals surface area (Å²) in [4.78, 5) is 2.41. The molecule has 1 aliphatic heterocycles. The third-order valence-corrected chi connectivity index (χ3v) is 3.35. The fourth-order valence-corrected chi connectivity index (χ4v) is 2.30. The number of rotatable bonds is 3. The average Bonchev–Trinajstić information content (AvgIpc) is 2.32. The molecule has 0 saturated carbocycles. The van der Waals surface area contributed by atoms with Gasteiger partial charge in [-0.05, 0) is 31.3 Å². The maximum absolute atomic E-state index is 5.52. The van der Waals surface area contributed by atoms with Crippen molar-refractivity contribution >= 4 is 21.6 Å². The Morgan fingerprint density at radius 3 is 2.88 bits per heavy atom. The van der Waals surface area contributed by atoms with E-state index in [0.29, 0.717) is 6.04 Å². The molecule has 1 aromatic carbocycles. The second-order valence-electron chi connectivity index (χ2n) is 3.96. The summed E-state index contributed by atoms with van der Waals surface area (Å²) < 4.78 is 6.64. The van der Waals surface area contributed by atoms with Crippen LogP contribution in [0, 0.1) is 0 Å². The van der Waals surface area contributed by atoms with Gasteiger partial charge in [0.05, 0.1) is 19.3 Å². The molecule has 1 aromatic rings. The van der Waals surface area contributed by atoms with Crippen LogP contribution >= 0.6 is 15.9 Å². The van der Waals surface area contributed by atoms with E-state index in [0.717, 1.165) is 30.8 Å². The van der Waals surface area contributed by atoms with Crippen molar-refractivity contribution in [3.8, 4) is 0 Å². The lowest BCUT2D eigenvalue weighted by atomic mass is 10.2. The molecule has 16 heavy (non-hydrogen) atoms. The molecule has 4 heteroatoms. The number of anilines is 1. The summed E-state index contributed by atoms with van der Waals surface area (Å²) in [6.07, 6.45) is 0. The predicted octanol–water partition coefficient (Wildman–Crippen LogP) is 1.87. The van der Waals surface area contributed by atoms with Crippen molar-refractivity contribution in [2.45, 2.75) is 6.04 Å². The highest BCUT2D eigenvalue weighted by Crippen LogP contribution is 2.21. The van der Waals surface area contributed by atoms with Crippen LogP contribution in [0.25, 0.3) is 0 Å². The van der Waals surface area contributed by atoms with Crippen LogP contribution in [0.1, 0.15) is 0 Å². The number of likely N-dealkylation sites (N-methyl/N-ethyl adjacent to an activating group) is 1. The Morgan fingerprint density at radius 1 is 1.44 bits per heavy atom. The molecule has 0 spiro atoms. The van der Waals surface area contributed by atoms with Crippen LogP contribution in [-0.4, -0.2) is 39.4 Å². The third-order valence-electron chi connectivity index (χ3n) is 2.83. The zero-order valence-corrected chi connectivity index (χ0v) is 11.0. The van der Waals surface area contributed by atoms with Gasteiger partial charge in [0, 0.05) is 23.2 Å². The minimum Gasteiger partial charge on any atom is -0.377 e. The van der Waals surface area contributed by atoms with Crippen LogP contribution in [0.3, 0.4) is 0 Å². The van der Waals surface area contributed by atoms with Crippen molar-refractivity contribution in [1.29, 1.82) is 0 Å². The Labute approximate surface area is 105 Å². The van der Waals surface area contributed by atoms with Gasteiger partial charge in [0.2, 0.25) is 0 Å². The number of hydrogen-bond donors (Lipinski definition) is 1. The highest BCUT2D eigenvalue weighted by atomic mass is 79.9. The quantitative estimate of drug-likeness (QED) is 0.917. The Morgan fingerprint density at radius 2 is 2.19 bits per heavy atom. The second-order valence-corrected chi connectivity index (χ2v) is 4.87. The van der Waals surface area contributed by atoms with E-state index in [-0.39, 0.29) is 0 Å². The predicted molar refractivity (Wildman–Crippen MR) is 70.0 cm³/mol. The smallest absolute Gasteiger partial charge is 0.0683 e. The van der Waals surface area contributed by atoms with Gasteiger partial charge in [0.15, 0.2) is 0 Å². The third kappa shape index (κ3) is 2.75. The maximum atomic E-state index is 5.52. The Hall–Kier alpha value is -0.580. The van der Waals surface area contributed by atoms with Gasteiger partial charge < -0.3 is 15.0 Å². The molecule has 1 unspecified atom stereocenters. The molecule has 1 atom stereocenters. The zero-order valence-electron chi connectivity index (χ0n) is 9.45. The van der Waals surface area contributed by atoms with Gasteiger partial charge >= 0.3 is 0 Å². The number of halogens is 1. The molecule has 3 nitrogen and oxygen atoms in total. The van der Waals surface area contributed by atoms with Gasteiger partial charge in [0.25, 0.3) is 0 Å². The normalized spacial score (nSPS) is 21.1. The summed E-state index contributed by atoms with van der Waals surface area (Å²) in [6, 6.07) is 8.90. The first-order valence-electron chi connectivity index (χ1n) is 5.56. The molecule has 1 aliphatic rings. The van der Waals surface area contributed by atoms with E-state index in [1.165, 1.54) is 5.69 Å². The van der Waals surface area contributed by atoms with Crippen LogP contribution in [0.5, 0.6) is 0 Å². The molecular weight excluding hydrogens is 268 g/mol. The van der Waals surface area contributed by atoms with Crippen LogP contribution < -0.4 is 10.2 Å². The first-order valence-corrected chi connectivity index (χ1v) is 6.35. The first-order chi connectivity index (χ1) is 7.81. The van der Waals surface area contributed by atoms with Crippen LogP contribution in [0.4, 0.5) is 5.69 Å². The van der Waals surface area contributed by atoms with Gasteiger partial charge in [-0.3, -0.25) is 0 Å². The highest BCUT2D eigenvalue weighted by Gasteiger charge is 2.22. The minimum atomic E-state index is 0.430. The van der Waals surface area contributed by atoms with E-state index in [4.69, 9.17) is 4.74 Å². The van der Waals surface area contributed by atoms with E-state index >= 15 is 0 Å². The Kier molecular flexibility index (Phi) is 4.21. The fraction of sp³-hybridized carbons (Fsp3) is 0.500. The molecule has 1 fully saturated rings. The number of morpholine rings is 1. The van der Waals surface area contributed by atoms with Gasteiger partial charge in [0.1, 0.15) is 0 Å². The van der Waals surface area contributed by atoms with Gasteiger partial charge in [-0.25, -0.2) is 0 Å². The lowest BCUT2D eigenvalue weighted by Gasteiger charge is -2.37. The van der Waals surface area contributed by atoms with Crippen molar-refractivity contribution in [3.63, 3.8) is 0 Å². The number of benzene rings is 1. The molecule has 1 heterocycles. The second kappa shape index (κ2) is 5.66. The first kappa shape index (κ1) is 11.9. The van der Waals surface area contributed by atoms with Crippen LogP contribution in [0.15, 0.2) is 28.7 Å². The monoisotopic (exact) mass is 284 g/mol. The van der Waals surface area contributed by atoms with Crippen LogP contribution in [0.2, 0.25) is 0 Å². The van der Waals surface area contributed by atoms with Gasteiger partial charge in [-0.1, -0.05) is 15.9 Å². The molecule has 0 aromatic heterocycles. The maximum Gasteiger partial charge on any atom is 0.0683 e. The lowest BCUT2D eigenvalue weighted by Crippen LogP contribution is -2.50. The Bertz CT molecular complexity index is 326.